The van der Waals surface area contributed by atoms with Gasteiger partial charge in [-0.05, 0) is 125 Å². The van der Waals surface area contributed by atoms with E-state index >= 15 is 13.6 Å². The lowest BCUT2D eigenvalue weighted by molar-refractivity contribution is -0.0593. The van der Waals surface area contributed by atoms with Crippen LogP contribution in [0.3, 0.4) is 0 Å². The Morgan fingerprint density at radius 2 is 1.73 bits per heavy atom. The van der Waals surface area contributed by atoms with Crippen molar-refractivity contribution in [1.29, 1.82) is 0 Å². The molecule has 1 amide bonds. The van der Waals surface area contributed by atoms with Gasteiger partial charge in [0.05, 0.1) is 56.8 Å². The topological polar surface area (TPSA) is 155 Å². The molecule has 0 spiro atoms. The number of halogens is 2. The monoisotopic (exact) mass is 868 g/mol. The number of carbonyl (C=O) groups is 1. The number of fused-ring (bicyclic) bond motifs is 3. The number of aromatic amines is 1. The number of nitrogens with one attached hydrogen (secondary N) is 1. The fraction of sp³-hybridized carbons (Fsp3) is 0.362. The molecule has 6 aromatic heterocycles. The molecule has 2 atom stereocenters. The predicted molar refractivity (Wildman–Crippen MR) is 232 cm³/mol. The molecule has 1 N–H and O–H groups in total. The average molecular weight is 869 g/mol. The molecule has 0 unspecified atom stereocenters. The number of rotatable bonds is 7. The van der Waals surface area contributed by atoms with Crippen molar-refractivity contribution in [2.75, 3.05) is 13.2 Å². The Bertz CT molecular complexity index is 3330. The maximum absolute atomic E-state index is 16.1. The van der Waals surface area contributed by atoms with Gasteiger partial charge in [-0.15, -0.1) is 0 Å². The van der Waals surface area contributed by atoms with Crippen molar-refractivity contribution in [3.63, 3.8) is 0 Å². The van der Waals surface area contributed by atoms with Gasteiger partial charge in [0.1, 0.15) is 11.6 Å². The zero-order chi connectivity index (χ0) is 44.6. The van der Waals surface area contributed by atoms with E-state index in [0.717, 1.165) is 23.9 Å². The molecule has 1 aliphatic carbocycles. The third-order valence-electron chi connectivity index (χ3n) is 13.8. The standard InChI is InChI=1S/C47H46F2N10O5/c1-25-19-31(20-26(2)38(25)48)59-41(58-17-16-57(45(58)62)36-8-7-35-33(39(36)49)24-50-54(35)6)37-27(3)55(15-10-34(37)52-59)42(60)32-22-30-21-28(29-11-18-63-46(4,5)23-29)9-14-56(30)40(32)47(12-13-47)43-51-44(61)64-53-43/h7-9,14,16-17,19-22,24,27,29H,10-13,15,18,23H2,1-6H3,(H,51,53,61)/t27-,29-/m0/s1. The van der Waals surface area contributed by atoms with Gasteiger partial charge in [-0.25, -0.2) is 23.1 Å². The van der Waals surface area contributed by atoms with Crippen LogP contribution in [-0.4, -0.2) is 72.8 Å². The summed E-state index contributed by atoms with van der Waals surface area (Å²) < 4.78 is 50.1. The van der Waals surface area contributed by atoms with Crippen molar-refractivity contribution in [1.82, 2.24) is 48.1 Å². The first kappa shape index (κ1) is 39.9. The van der Waals surface area contributed by atoms with Crippen LogP contribution >= 0.6 is 0 Å². The highest BCUT2D eigenvalue weighted by atomic mass is 19.1. The molecule has 2 fully saturated rings. The number of hydrogen-bond acceptors (Lipinski definition) is 8. The number of aryl methyl sites for hydroxylation is 3. The number of amides is 1. The molecule has 15 nitrogen and oxygen atoms in total. The van der Waals surface area contributed by atoms with Gasteiger partial charge in [0.2, 0.25) is 0 Å². The summed E-state index contributed by atoms with van der Waals surface area (Å²) in [5.41, 5.74) is 4.79. The zero-order valence-electron chi connectivity index (χ0n) is 36.3. The number of pyridine rings is 1. The minimum absolute atomic E-state index is 0.0435. The van der Waals surface area contributed by atoms with E-state index in [1.807, 2.05) is 23.6 Å². The fourth-order valence-electron chi connectivity index (χ4n) is 10.4. The minimum atomic E-state index is -0.769. The average Bonchev–Trinajstić information content (AvgIpc) is 3.72. The fourth-order valence-corrected chi connectivity index (χ4v) is 10.4. The summed E-state index contributed by atoms with van der Waals surface area (Å²) in [6.45, 7) is 10.4. The van der Waals surface area contributed by atoms with Gasteiger partial charge in [-0.2, -0.15) is 10.2 Å². The molecule has 8 heterocycles. The van der Waals surface area contributed by atoms with E-state index < -0.39 is 28.7 Å². The molecule has 11 rings (SSSR count). The SMILES string of the molecule is Cc1cc(-n2nc3c(c2-n2ccn(-c4ccc5c(cnn5C)c4F)c2=O)[C@H](C)N(C(=O)c2cc4cc([C@H]5CCOC(C)(C)C5)ccn4c2C2(c4noc(=O)[nH]4)CC2)CC3)cc(C)c1F. The lowest BCUT2D eigenvalue weighted by Crippen LogP contribution is -2.40. The largest absolute Gasteiger partial charge is 0.438 e. The van der Waals surface area contributed by atoms with E-state index in [9.17, 15) is 9.59 Å². The Hall–Kier alpha value is -6.88. The van der Waals surface area contributed by atoms with E-state index in [2.05, 4.69) is 41.2 Å². The Kier molecular flexibility index (Phi) is 8.77. The van der Waals surface area contributed by atoms with Crippen molar-refractivity contribution >= 4 is 22.3 Å². The number of aromatic nitrogens is 9. The lowest BCUT2D eigenvalue weighted by Gasteiger charge is -2.35. The van der Waals surface area contributed by atoms with Crippen molar-refractivity contribution in [2.45, 2.75) is 89.7 Å². The number of ether oxygens (including phenoxy) is 1. The molecule has 2 aromatic carbocycles. The van der Waals surface area contributed by atoms with Gasteiger partial charge in [0.25, 0.3) is 5.91 Å². The smallest absolute Gasteiger partial charge is 0.376 e. The van der Waals surface area contributed by atoms with Gasteiger partial charge >= 0.3 is 11.4 Å². The molecule has 0 radical (unpaired) electrons. The molecule has 1 saturated heterocycles. The van der Waals surface area contributed by atoms with Crippen LogP contribution in [0.15, 0.2) is 81.4 Å². The number of hydrogen-bond donors (Lipinski definition) is 1. The van der Waals surface area contributed by atoms with Gasteiger partial charge in [0, 0.05) is 62.0 Å². The van der Waals surface area contributed by atoms with E-state index in [0.29, 0.717) is 88.9 Å². The number of carbonyl (C=O) groups excluding carboxylic acids is 1. The molecule has 17 heteroatoms. The summed E-state index contributed by atoms with van der Waals surface area (Å²) in [5, 5.41) is 13.6. The lowest BCUT2D eigenvalue weighted by atomic mass is 9.84. The van der Waals surface area contributed by atoms with Crippen LogP contribution in [0.2, 0.25) is 0 Å². The molecule has 2 aliphatic heterocycles. The minimum Gasteiger partial charge on any atom is -0.376 e. The molecule has 64 heavy (non-hydrogen) atoms. The molecule has 3 aliphatic rings. The molecule has 328 valence electrons. The Labute approximate surface area is 364 Å². The second-order valence-corrected chi connectivity index (χ2v) is 18.3. The first-order valence-electron chi connectivity index (χ1n) is 21.6. The molecule has 1 saturated carbocycles. The van der Waals surface area contributed by atoms with E-state index in [4.69, 9.17) is 14.4 Å². The summed E-state index contributed by atoms with van der Waals surface area (Å²) in [5.74, 6) is -0.874. The van der Waals surface area contributed by atoms with Gasteiger partial charge in [-0.1, -0.05) is 5.16 Å². The van der Waals surface area contributed by atoms with E-state index in [1.54, 1.807) is 65.6 Å². The second-order valence-electron chi connectivity index (χ2n) is 18.3. The first-order chi connectivity index (χ1) is 30.6. The molecular formula is C47H46F2N10O5. The second kappa shape index (κ2) is 14.1. The zero-order valence-corrected chi connectivity index (χ0v) is 36.3. The first-order valence-corrected chi connectivity index (χ1v) is 21.6. The van der Waals surface area contributed by atoms with Crippen LogP contribution in [0.1, 0.15) is 108 Å². The normalized spacial score (nSPS) is 19.2. The number of benzene rings is 2. The van der Waals surface area contributed by atoms with Crippen LogP contribution in [0.4, 0.5) is 8.78 Å². The van der Waals surface area contributed by atoms with Crippen molar-refractivity contribution in [2.24, 2.45) is 7.05 Å². The summed E-state index contributed by atoms with van der Waals surface area (Å²) >= 11 is 0. The van der Waals surface area contributed by atoms with Crippen LogP contribution in [0.5, 0.6) is 0 Å². The molecule has 0 bridgehead atoms. The maximum Gasteiger partial charge on any atom is 0.438 e. The van der Waals surface area contributed by atoms with Crippen molar-refractivity contribution < 1.29 is 22.8 Å². The van der Waals surface area contributed by atoms with Crippen LogP contribution in [-0.2, 0) is 23.6 Å². The Balaban J connectivity index is 1.05. The highest BCUT2D eigenvalue weighted by Gasteiger charge is 2.54. The van der Waals surface area contributed by atoms with Crippen molar-refractivity contribution in [3.05, 3.63) is 145 Å². The molecular weight excluding hydrogens is 823 g/mol. The number of H-pyrrole nitrogens is 1. The highest BCUT2D eigenvalue weighted by Crippen LogP contribution is 2.54. The summed E-state index contributed by atoms with van der Waals surface area (Å²) in [6, 6.07) is 12.2. The van der Waals surface area contributed by atoms with Crippen molar-refractivity contribution in [3.8, 4) is 17.2 Å². The van der Waals surface area contributed by atoms with Gasteiger partial charge in [0.15, 0.2) is 11.6 Å². The Morgan fingerprint density at radius 3 is 2.45 bits per heavy atom. The summed E-state index contributed by atoms with van der Waals surface area (Å²) in [7, 11) is 1.72. The van der Waals surface area contributed by atoms with Crippen LogP contribution in [0, 0.1) is 25.5 Å². The Morgan fingerprint density at radius 1 is 0.969 bits per heavy atom. The quantitative estimate of drug-likeness (QED) is 0.179. The van der Waals surface area contributed by atoms with E-state index in [-0.39, 0.29) is 34.3 Å². The predicted octanol–water partition coefficient (Wildman–Crippen LogP) is 7.04. The number of imidazole rings is 1. The maximum atomic E-state index is 16.1. The van der Waals surface area contributed by atoms with E-state index in [1.165, 1.54) is 21.5 Å². The summed E-state index contributed by atoms with van der Waals surface area (Å²) in [6.07, 6.45) is 9.86. The molecule has 8 aromatic rings. The summed E-state index contributed by atoms with van der Waals surface area (Å²) in [4.78, 5) is 47.0. The van der Waals surface area contributed by atoms with Gasteiger partial charge in [-0.3, -0.25) is 28.1 Å². The highest BCUT2D eigenvalue weighted by molar-refractivity contribution is 5.98. The number of nitrogens with zero attached hydrogens (tertiary/aromatic N) is 9. The van der Waals surface area contributed by atoms with Crippen LogP contribution in [0.25, 0.3) is 33.6 Å². The third-order valence-corrected chi connectivity index (χ3v) is 13.8. The third kappa shape index (κ3) is 5.99. The van der Waals surface area contributed by atoms with Crippen LogP contribution < -0.4 is 11.4 Å². The van der Waals surface area contributed by atoms with Gasteiger partial charge < -0.3 is 14.0 Å².